The highest BCUT2D eigenvalue weighted by molar-refractivity contribution is 5.65. The monoisotopic (exact) mass is 382 g/mol. The Morgan fingerprint density at radius 1 is 1.26 bits per heavy atom. The van der Waals surface area contributed by atoms with Gasteiger partial charge in [-0.05, 0) is 61.7 Å². The number of carbonyl (C=O) groups is 1. The zero-order chi connectivity index (χ0) is 20.1. The number of ether oxygens (including phenoxy) is 1. The molecule has 2 rings (SSSR count). The molecule has 4 atom stereocenters. The van der Waals surface area contributed by atoms with Gasteiger partial charge in [0.25, 0.3) is 0 Å². The number of aliphatic hydroxyl groups excluding tert-OH is 3. The normalized spacial score (nSPS) is 31.0. The van der Waals surface area contributed by atoms with Crippen molar-refractivity contribution < 1.29 is 24.9 Å². The molecule has 0 aliphatic heterocycles. The van der Waals surface area contributed by atoms with E-state index < -0.39 is 5.41 Å². The fourth-order valence-corrected chi connectivity index (χ4v) is 5.69. The van der Waals surface area contributed by atoms with Gasteiger partial charge in [-0.25, -0.2) is 0 Å². The highest BCUT2D eigenvalue weighted by Crippen LogP contribution is 2.59. The average Bonchev–Trinajstić information content (AvgIpc) is 2.64. The van der Waals surface area contributed by atoms with E-state index in [0.717, 1.165) is 38.5 Å². The summed E-state index contributed by atoms with van der Waals surface area (Å²) < 4.78 is 5.03. The van der Waals surface area contributed by atoms with Gasteiger partial charge in [0.15, 0.2) is 0 Å². The van der Waals surface area contributed by atoms with E-state index in [1.807, 2.05) is 0 Å². The van der Waals surface area contributed by atoms with E-state index in [2.05, 4.69) is 19.9 Å². The van der Waals surface area contributed by atoms with Crippen LogP contribution in [0.1, 0.15) is 65.7 Å². The molecule has 0 bridgehead atoms. The number of fused-ring (bicyclic) bond motifs is 1. The Morgan fingerprint density at radius 2 is 1.96 bits per heavy atom. The molecule has 156 valence electrons. The summed E-state index contributed by atoms with van der Waals surface area (Å²) in [5, 5.41) is 29.9. The average molecular weight is 383 g/mol. The predicted octanol–water partition coefficient (Wildman–Crippen LogP) is 3.07. The summed E-state index contributed by atoms with van der Waals surface area (Å²) in [6.07, 6.45) is 8.83. The lowest BCUT2D eigenvalue weighted by Gasteiger charge is -2.55. The summed E-state index contributed by atoms with van der Waals surface area (Å²) in [6, 6.07) is 0. The van der Waals surface area contributed by atoms with E-state index in [9.17, 15) is 20.1 Å². The lowest BCUT2D eigenvalue weighted by Crippen LogP contribution is -2.49. The van der Waals surface area contributed by atoms with Crippen molar-refractivity contribution in [1.29, 1.82) is 0 Å². The Balaban J connectivity index is 2.09. The van der Waals surface area contributed by atoms with E-state index in [1.54, 1.807) is 0 Å². The van der Waals surface area contributed by atoms with Crippen LogP contribution in [0.5, 0.6) is 0 Å². The van der Waals surface area contributed by atoms with Crippen molar-refractivity contribution in [2.45, 2.75) is 65.7 Å². The van der Waals surface area contributed by atoms with E-state index in [4.69, 9.17) is 4.74 Å². The van der Waals surface area contributed by atoms with Crippen molar-refractivity contribution in [2.24, 2.45) is 28.6 Å². The molecule has 0 saturated heterocycles. The SMILES string of the molecule is CC(=O)OCC[C@@H](CO)CC[C@H]1[C@@H](C)CC=C2C(CO)(CO)CCC[C@@]21C. The van der Waals surface area contributed by atoms with Crippen LogP contribution in [-0.2, 0) is 9.53 Å². The van der Waals surface area contributed by atoms with E-state index in [0.29, 0.717) is 24.9 Å². The number of hydrogen-bond donors (Lipinski definition) is 3. The van der Waals surface area contributed by atoms with Gasteiger partial charge in [-0.3, -0.25) is 4.79 Å². The molecule has 3 N–H and O–H groups in total. The van der Waals surface area contributed by atoms with Crippen LogP contribution in [0, 0.1) is 28.6 Å². The van der Waals surface area contributed by atoms with Crippen LogP contribution in [0.2, 0.25) is 0 Å². The minimum atomic E-state index is -0.475. The van der Waals surface area contributed by atoms with Crippen LogP contribution >= 0.6 is 0 Å². The van der Waals surface area contributed by atoms with Crippen molar-refractivity contribution in [2.75, 3.05) is 26.4 Å². The Hall–Kier alpha value is -0.910. The number of allylic oxidation sites excluding steroid dienone is 1. The van der Waals surface area contributed by atoms with Crippen LogP contribution in [0.4, 0.5) is 0 Å². The van der Waals surface area contributed by atoms with Crippen LogP contribution in [0.3, 0.4) is 0 Å². The zero-order valence-electron chi connectivity index (χ0n) is 17.2. The fraction of sp³-hybridized carbons (Fsp3) is 0.864. The van der Waals surface area contributed by atoms with Crippen molar-refractivity contribution >= 4 is 5.97 Å². The van der Waals surface area contributed by atoms with Crippen molar-refractivity contribution in [3.8, 4) is 0 Å². The lowest BCUT2D eigenvalue weighted by molar-refractivity contribution is -0.141. The van der Waals surface area contributed by atoms with Gasteiger partial charge < -0.3 is 20.1 Å². The first-order valence-corrected chi connectivity index (χ1v) is 10.5. The number of rotatable bonds is 9. The molecular formula is C22H38O5. The topological polar surface area (TPSA) is 87.0 Å². The summed E-state index contributed by atoms with van der Waals surface area (Å²) in [5.41, 5.74) is 0.781. The molecule has 0 radical (unpaired) electrons. The molecule has 0 heterocycles. The molecule has 0 amide bonds. The minimum absolute atomic E-state index is 0.00271. The maximum absolute atomic E-state index is 10.9. The first kappa shape index (κ1) is 22.4. The Bertz CT molecular complexity index is 525. The number of carbonyl (C=O) groups excluding carboxylic acids is 1. The maximum atomic E-state index is 10.9. The Morgan fingerprint density at radius 3 is 2.56 bits per heavy atom. The third-order valence-corrected chi connectivity index (χ3v) is 7.32. The molecular weight excluding hydrogens is 344 g/mol. The molecule has 1 fully saturated rings. The summed E-state index contributed by atoms with van der Waals surface area (Å²) in [6.45, 7) is 6.50. The molecule has 0 unspecified atom stereocenters. The minimum Gasteiger partial charge on any atom is -0.466 e. The summed E-state index contributed by atoms with van der Waals surface area (Å²) in [4.78, 5) is 10.9. The summed E-state index contributed by atoms with van der Waals surface area (Å²) in [7, 11) is 0. The zero-order valence-corrected chi connectivity index (χ0v) is 17.2. The first-order chi connectivity index (χ1) is 12.8. The van der Waals surface area contributed by atoms with Crippen molar-refractivity contribution in [3.05, 3.63) is 11.6 Å². The molecule has 0 spiro atoms. The fourth-order valence-electron chi connectivity index (χ4n) is 5.69. The van der Waals surface area contributed by atoms with Gasteiger partial charge in [-0.2, -0.15) is 0 Å². The lowest BCUT2D eigenvalue weighted by atomic mass is 9.50. The van der Waals surface area contributed by atoms with Crippen molar-refractivity contribution in [3.63, 3.8) is 0 Å². The second-order valence-corrected chi connectivity index (χ2v) is 9.06. The maximum Gasteiger partial charge on any atom is 0.302 e. The molecule has 2 aliphatic carbocycles. The molecule has 0 aromatic heterocycles. The number of esters is 1. The van der Waals surface area contributed by atoms with Gasteiger partial charge >= 0.3 is 5.97 Å². The second-order valence-electron chi connectivity index (χ2n) is 9.06. The third-order valence-electron chi connectivity index (χ3n) is 7.32. The molecule has 2 aliphatic rings. The van der Waals surface area contributed by atoms with Gasteiger partial charge in [0.1, 0.15) is 0 Å². The van der Waals surface area contributed by atoms with E-state index in [1.165, 1.54) is 12.5 Å². The van der Waals surface area contributed by atoms with Gasteiger partial charge in [0, 0.05) is 18.9 Å². The van der Waals surface area contributed by atoms with Crippen LogP contribution in [0.15, 0.2) is 11.6 Å². The highest BCUT2D eigenvalue weighted by Gasteiger charge is 2.52. The third kappa shape index (κ3) is 4.75. The molecule has 0 aromatic rings. The Labute approximate surface area is 163 Å². The summed E-state index contributed by atoms with van der Waals surface area (Å²) >= 11 is 0. The molecule has 5 nitrogen and oxygen atoms in total. The van der Waals surface area contributed by atoms with Gasteiger partial charge in [0.2, 0.25) is 0 Å². The van der Waals surface area contributed by atoms with E-state index >= 15 is 0 Å². The van der Waals surface area contributed by atoms with Gasteiger partial charge in [-0.15, -0.1) is 0 Å². The highest BCUT2D eigenvalue weighted by atomic mass is 16.5. The number of aliphatic hydroxyl groups is 3. The largest absolute Gasteiger partial charge is 0.466 e. The molecule has 5 heteroatoms. The van der Waals surface area contributed by atoms with Crippen LogP contribution < -0.4 is 0 Å². The van der Waals surface area contributed by atoms with Gasteiger partial charge in [0.05, 0.1) is 19.8 Å². The quantitative estimate of drug-likeness (QED) is 0.421. The van der Waals surface area contributed by atoms with Crippen molar-refractivity contribution in [1.82, 2.24) is 0 Å². The molecule has 1 saturated carbocycles. The second kappa shape index (κ2) is 9.53. The Kier molecular flexibility index (Phi) is 7.90. The smallest absolute Gasteiger partial charge is 0.302 e. The predicted molar refractivity (Wildman–Crippen MR) is 105 cm³/mol. The molecule has 0 aromatic carbocycles. The van der Waals surface area contributed by atoms with Crippen LogP contribution in [-0.4, -0.2) is 47.7 Å². The summed E-state index contributed by atoms with van der Waals surface area (Å²) in [5.74, 6) is 0.873. The van der Waals surface area contributed by atoms with Gasteiger partial charge in [-0.1, -0.05) is 31.9 Å². The first-order valence-electron chi connectivity index (χ1n) is 10.5. The number of hydrogen-bond acceptors (Lipinski definition) is 5. The molecule has 27 heavy (non-hydrogen) atoms. The standard InChI is InChI=1S/C22H38O5/c1-16-5-8-20-21(3,10-4-11-22(20,14-24)15-25)19(16)7-6-18(13-23)9-12-27-17(2)26/h8,16,18-19,23-25H,4-7,9-15H2,1-3H3/t16-,18-,19-,21+/m0/s1. The van der Waals surface area contributed by atoms with E-state index in [-0.39, 0.29) is 37.1 Å². The van der Waals surface area contributed by atoms with Crippen LogP contribution in [0.25, 0.3) is 0 Å².